The number of carbonyl (C=O) groups is 1. The molecule has 0 atom stereocenters. The summed E-state index contributed by atoms with van der Waals surface area (Å²) in [5, 5.41) is 0. The topological polar surface area (TPSA) is 26.3 Å². The molecule has 0 saturated carbocycles. The normalized spacial score (nSPS) is 11.5. The maximum absolute atomic E-state index is 12.8. The van der Waals surface area contributed by atoms with Crippen molar-refractivity contribution in [2.24, 2.45) is 0 Å². The SMILES string of the molecule is CC(C)Oc1ccc(C(=O)C(C)(C)c2ccccc2)cc1. The third-order valence-electron chi connectivity index (χ3n) is 3.55. The second-order valence-corrected chi connectivity index (χ2v) is 6.01. The van der Waals surface area contributed by atoms with E-state index in [2.05, 4.69) is 0 Å². The lowest BCUT2D eigenvalue weighted by Gasteiger charge is -2.24. The lowest BCUT2D eigenvalue weighted by Crippen LogP contribution is -2.29. The lowest BCUT2D eigenvalue weighted by molar-refractivity contribution is 0.0908. The molecule has 0 fully saturated rings. The van der Waals surface area contributed by atoms with Crippen molar-refractivity contribution in [1.82, 2.24) is 0 Å². The molecule has 0 heterocycles. The van der Waals surface area contributed by atoms with Crippen molar-refractivity contribution < 1.29 is 9.53 Å². The van der Waals surface area contributed by atoms with E-state index in [4.69, 9.17) is 4.74 Å². The molecule has 0 spiro atoms. The predicted molar refractivity (Wildman–Crippen MR) is 86.0 cm³/mol. The van der Waals surface area contributed by atoms with Gasteiger partial charge in [-0.3, -0.25) is 4.79 Å². The van der Waals surface area contributed by atoms with E-state index in [0.717, 1.165) is 11.3 Å². The third kappa shape index (κ3) is 3.52. The van der Waals surface area contributed by atoms with E-state index >= 15 is 0 Å². The second kappa shape index (κ2) is 6.13. The van der Waals surface area contributed by atoms with E-state index in [1.807, 2.05) is 82.3 Å². The Bertz CT molecular complexity index is 595. The molecule has 110 valence electrons. The van der Waals surface area contributed by atoms with Crippen LogP contribution in [0.15, 0.2) is 54.6 Å². The number of Topliss-reactive ketones (excluding diaryl/α,β-unsaturated/α-hetero) is 1. The maximum atomic E-state index is 12.8. The highest BCUT2D eigenvalue weighted by molar-refractivity contribution is 6.03. The van der Waals surface area contributed by atoms with Crippen molar-refractivity contribution in [1.29, 1.82) is 0 Å². The molecule has 0 N–H and O–H groups in total. The van der Waals surface area contributed by atoms with Crippen LogP contribution in [0.4, 0.5) is 0 Å². The van der Waals surface area contributed by atoms with Gasteiger partial charge >= 0.3 is 0 Å². The van der Waals surface area contributed by atoms with Gasteiger partial charge in [0.15, 0.2) is 5.78 Å². The summed E-state index contributed by atoms with van der Waals surface area (Å²) in [5.74, 6) is 0.906. The summed E-state index contributed by atoms with van der Waals surface area (Å²) in [6.07, 6.45) is 0.132. The zero-order valence-corrected chi connectivity index (χ0v) is 13.1. The van der Waals surface area contributed by atoms with E-state index in [1.54, 1.807) is 0 Å². The Morgan fingerprint density at radius 1 is 0.952 bits per heavy atom. The van der Waals surface area contributed by atoms with Crippen molar-refractivity contribution >= 4 is 5.78 Å². The lowest BCUT2D eigenvalue weighted by atomic mass is 9.78. The highest BCUT2D eigenvalue weighted by Crippen LogP contribution is 2.28. The van der Waals surface area contributed by atoms with Crippen molar-refractivity contribution in [3.63, 3.8) is 0 Å². The molecule has 0 aliphatic rings. The summed E-state index contributed by atoms with van der Waals surface area (Å²) in [7, 11) is 0. The van der Waals surface area contributed by atoms with Gasteiger partial charge < -0.3 is 4.74 Å². The smallest absolute Gasteiger partial charge is 0.172 e. The fourth-order valence-electron chi connectivity index (χ4n) is 2.30. The monoisotopic (exact) mass is 282 g/mol. The van der Waals surface area contributed by atoms with Crippen molar-refractivity contribution in [3.05, 3.63) is 65.7 Å². The molecule has 0 bridgehead atoms. The van der Waals surface area contributed by atoms with Crippen LogP contribution in [0.25, 0.3) is 0 Å². The van der Waals surface area contributed by atoms with Gasteiger partial charge in [-0.2, -0.15) is 0 Å². The van der Waals surface area contributed by atoms with E-state index < -0.39 is 5.41 Å². The number of rotatable bonds is 5. The first-order valence-electron chi connectivity index (χ1n) is 7.28. The molecule has 2 nitrogen and oxygen atoms in total. The van der Waals surface area contributed by atoms with Crippen LogP contribution < -0.4 is 4.74 Å². The van der Waals surface area contributed by atoms with Gasteiger partial charge in [-0.15, -0.1) is 0 Å². The Kier molecular flexibility index (Phi) is 4.46. The molecule has 0 aromatic heterocycles. The van der Waals surface area contributed by atoms with E-state index in [0.29, 0.717) is 5.56 Å². The van der Waals surface area contributed by atoms with Crippen molar-refractivity contribution in [2.45, 2.75) is 39.2 Å². The molecule has 0 saturated heterocycles. The summed E-state index contributed by atoms with van der Waals surface area (Å²) >= 11 is 0. The fourth-order valence-corrected chi connectivity index (χ4v) is 2.30. The summed E-state index contributed by atoms with van der Waals surface area (Å²) in [4.78, 5) is 12.8. The molecule has 0 aliphatic carbocycles. The van der Waals surface area contributed by atoms with E-state index in [9.17, 15) is 4.79 Å². The minimum absolute atomic E-state index is 0.116. The van der Waals surface area contributed by atoms with Crippen LogP contribution in [0.2, 0.25) is 0 Å². The predicted octanol–water partition coefficient (Wildman–Crippen LogP) is 4.63. The van der Waals surface area contributed by atoms with Crippen molar-refractivity contribution in [3.8, 4) is 5.75 Å². The minimum atomic E-state index is -0.540. The maximum Gasteiger partial charge on any atom is 0.172 e. The summed E-state index contributed by atoms with van der Waals surface area (Å²) in [6, 6.07) is 17.3. The Balaban J connectivity index is 2.23. The summed E-state index contributed by atoms with van der Waals surface area (Å²) in [5.41, 5.74) is 1.19. The first-order valence-corrected chi connectivity index (χ1v) is 7.28. The molecule has 2 heteroatoms. The van der Waals surface area contributed by atoms with Crippen LogP contribution in [0.3, 0.4) is 0 Å². The van der Waals surface area contributed by atoms with Crippen LogP contribution in [0, 0.1) is 0 Å². The van der Waals surface area contributed by atoms with E-state index in [-0.39, 0.29) is 11.9 Å². The first-order chi connectivity index (χ1) is 9.91. The third-order valence-corrected chi connectivity index (χ3v) is 3.55. The van der Waals surface area contributed by atoms with Gasteiger partial charge in [0.1, 0.15) is 5.75 Å². The number of benzene rings is 2. The first kappa shape index (κ1) is 15.3. The average Bonchev–Trinajstić information content (AvgIpc) is 2.47. The summed E-state index contributed by atoms with van der Waals surface area (Å²) < 4.78 is 5.61. The summed E-state index contributed by atoms with van der Waals surface area (Å²) in [6.45, 7) is 7.89. The zero-order chi connectivity index (χ0) is 15.5. The quantitative estimate of drug-likeness (QED) is 0.747. The zero-order valence-electron chi connectivity index (χ0n) is 13.1. The van der Waals surface area contributed by atoms with Gasteiger partial charge in [-0.05, 0) is 57.5 Å². The molecular formula is C19H22O2. The molecule has 0 radical (unpaired) electrons. The highest BCUT2D eigenvalue weighted by atomic mass is 16.5. The van der Waals surface area contributed by atoms with Crippen LogP contribution in [0.1, 0.15) is 43.6 Å². The van der Waals surface area contributed by atoms with Crippen LogP contribution >= 0.6 is 0 Å². The number of hydrogen-bond donors (Lipinski definition) is 0. The van der Waals surface area contributed by atoms with Gasteiger partial charge in [0, 0.05) is 5.56 Å². The largest absolute Gasteiger partial charge is 0.491 e. The fraction of sp³-hybridized carbons (Fsp3) is 0.316. The number of hydrogen-bond acceptors (Lipinski definition) is 2. The molecule has 0 aliphatic heterocycles. The van der Waals surface area contributed by atoms with Gasteiger partial charge in [0.05, 0.1) is 11.5 Å². The highest BCUT2D eigenvalue weighted by Gasteiger charge is 2.30. The molecule has 2 rings (SSSR count). The van der Waals surface area contributed by atoms with Crippen molar-refractivity contribution in [2.75, 3.05) is 0 Å². The second-order valence-electron chi connectivity index (χ2n) is 6.01. The molecule has 2 aromatic carbocycles. The van der Waals surface area contributed by atoms with Gasteiger partial charge in [0.25, 0.3) is 0 Å². The van der Waals surface area contributed by atoms with Gasteiger partial charge in [-0.25, -0.2) is 0 Å². The Morgan fingerprint density at radius 3 is 2.05 bits per heavy atom. The standard InChI is InChI=1S/C19H22O2/c1-14(2)21-17-12-10-15(11-13-17)18(20)19(3,4)16-8-6-5-7-9-16/h5-14H,1-4H3. The minimum Gasteiger partial charge on any atom is -0.491 e. The number of carbonyl (C=O) groups excluding carboxylic acids is 1. The molecular weight excluding hydrogens is 260 g/mol. The molecule has 0 amide bonds. The Labute approximate surface area is 126 Å². The average molecular weight is 282 g/mol. The molecule has 0 unspecified atom stereocenters. The van der Waals surface area contributed by atoms with Crippen LogP contribution in [0.5, 0.6) is 5.75 Å². The van der Waals surface area contributed by atoms with E-state index in [1.165, 1.54) is 0 Å². The number of ether oxygens (including phenoxy) is 1. The number of ketones is 1. The van der Waals surface area contributed by atoms with Gasteiger partial charge in [-0.1, -0.05) is 30.3 Å². The molecule has 2 aromatic rings. The Hall–Kier alpha value is -2.09. The van der Waals surface area contributed by atoms with Crippen LogP contribution in [-0.2, 0) is 5.41 Å². The van der Waals surface area contributed by atoms with Crippen LogP contribution in [-0.4, -0.2) is 11.9 Å². The Morgan fingerprint density at radius 2 is 1.52 bits per heavy atom. The van der Waals surface area contributed by atoms with Gasteiger partial charge in [0.2, 0.25) is 0 Å². The molecule has 21 heavy (non-hydrogen) atoms.